The van der Waals surface area contributed by atoms with Crippen molar-refractivity contribution in [3.8, 4) is 22.4 Å². The molecule has 0 saturated heterocycles. The Bertz CT molecular complexity index is 1450. The summed E-state index contributed by atoms with van der Waals surface area (Å²) in [6.07, 6.45) is 5.26. The highest BCUT2D eigenvalue weighted by Gasteiger charge is 2.34. The van der Waals surface area contributed by atoms with E-state index in [1.165, 1.54) is 12.0 Å². The van der Waals surface area contributed by atoms with Gasteiger partial charge in [0.15, 0.2) is 11.5 Å². The lowest BCUT2D eigenvalue weighted by molar-refractivity contribution is 0.177. The van der Waals surface area contributed by atoms with E-state index in [4.69, 9.17) is 15.5 Å². The Balaban J connectivity index is 1.55. The molecule has 33 heavy (non-hydrogen) atoms. The van der Waals surface area contributed by atoms with Gasteiger partial charge in [-0.2, -0.15) is 0 Å². The Morgan fingerprint density at radius 1 is 0.970 bits per heavy atom. The van der Waals surface area contributed by atoms with Crippen molar-refractivity contribution in [3.05, 3.63) is 84.3 Å². The van der Waals surface area contributed by atoms with Gasteiger partial charge in [0.2, 0.25) is 0 Å². The van der Waals surface area contributed by atoms with Gasteiger partial charge in [-0.15, -0.1) is 10.2 Å². The van der Waals surface area contributed by atoms with Crippen molar-refractivity contribution < 1.29 is 4.74 Å². The standard InChI is InChI=1S/C27H25N5O/c1-33-17-24-30-31-26-22-16-21(18-6-3-2-4-7-18)25(29-23(22)12-15-32(24)26)19-8-10-20(11-9-19)27(28)13-5-14-27/h2-4,6-12,15-16H,5,13-14,17,28H2,1H3. The average Bonchev–Trinajstić information content (AvgIpc) is 3.26. The number of nitrogens with zero attached hydrogens (tertiary/aromatic N) is 4. The molecule has 0 amide bonds. The molecule has 2 aromatic carbocycles. The summed E-state index contributed by atoms with van der Waals surface area (Å²) in [7, 11) is 1.66. The van der Waals surface area contributed by atoms with Crippen LogP contribution in [0.5, 0.6) is 0 Å². The minimum absolute atomic E-state index is 0.170. The quantitative estimate of drug-likeness (QED) is 0.416. The van der Waals surface area contributed by atoms with E-state index in [0.29, 0.717) is 6.61 Å². The van der Waals surface area contributed by atoms with Gasteiger partial charge in [0.25, 0.3) is 0 Å². The number of rotatable bonds is 5. The molecule has 1 saturated carbocycles. The van der Waals surface area contributed by atoms with Gasteiger partial charge in [0.1, 0.15) is 6.61 Å². The Hall–Kier alpha value is -3.61. The molecule has 6 rings (SSSR count). The minimum atomic E-state index is -0.170. The predicted octanol–water partition coefficient (Wildman–Crippen LogP) is 5.10. The van der Waals surface area contributed by atoms with Crippen molar-refractivity contribution >= 4 is 16.6 Å². The molecular formula is C27H25N5O. The third-order valence-electron chi connectivity index (χ3n) is 6.78. The maximum Gasteiger partial charge on any atom is 0.170 e. The molecule has 164 valence electrons. The van der Waals surface area contributed by atoms with E-state index >= 15 is 0 Å². The Morgan fingerprint density at radius 3 is 2.45 bits per heavy atom. The highest BCUT2D eigenvalue weighted by molar-refractivity contribution is 5.98. The molecule has 1 fully saturated rings. The van der Waals surface area contributed by atoms with Gasteiger partial charge in [-0.05, 0) is 42.5 Å². The molecule has 0 aliphatic heterocycles. The molecule has 3 heterocycles. The zero-order valence-electron chi connectivity index (χ0n) is 18.5. The van der Waals surface area contributed by atoms with E-state index in [2.05, 4.69) is 64.8 Å². The van der Waals surface area contributed by atoms with Crippen LogP contribution in [-0.4, -0.2) is 26.7 Å². The number of methoxy groups -OCH3 is 1. The molecule has 0 atom stereocenters. The van der Waals surface area contributed by atoms with E-state index < -0.39 is 0 Å². The fraction of sp³-hybridized carbons (Fsp3) is 0.222. The highest BCUT2D eigenvalue weighted by atomic mass is 16.5. The highest BCUT2D eigenvalue weighted by Crippen LogP contribution is 2.40. The van der Waals surface area contributed by atoms with Crippen molar-refractivity contribution in [3.63, 3.8) is 0 Å². The predicted molar refractivity (Wildman–Crippen MR) is 130 cm³/mol. The SMILES string of the molecule is COCc1nnc2c3cc(-c4ccccc4)c(-c4ccc(C5(N)CCC5)cc4)nc3ccn12. The largest absolute Gasteiger partial charge is 0.377 e. The third-order valence-corrected chi connectivity index (χ3v) is 6.78. The number of pyridine rings is 2. The van der Waals surface area contributed by atoms with Crippen molar-refractivity contribution in [1.82, 2.24) is 19.6 Å². The van der Waals surface area contributed by atoms with Crippen LogP contribution in [0.1, 0.15) is 30.7 Å². The smallest absolute Gasteiger partial charge is 0.170 e. The van der Waals surface area contributed by atoms with Crippen LogP contribution < -0.4 is 5.73 Å². The second kappa shape index (κ2) is 7.76. The monoisotopic (exact) mass is 435 g/mol. The van der Waals surface area contributed by atoms with E-state index in [-0.39, 0.29) is 5.54 Å². The summed E-state index contributed by atoms with van der Waals surface area (Å²) < 4.78 is 7.24. The molecule has 2 N–H and O–H groups in total. The van der Waals surface area contributed by atoms with Crippen LogP contribution in [0.15, 0.2) is 72.9 Å². The second-order valence-electron chi connectivity index (χ2n) is 8.83. The molecule has 0 bridgehead atoms. The van der Waals surface area contributed by atoms with Crippen molar-refractivity contribution in [2.75, 3.05) is 7.11 Å². The summed E-state index contributed by atoms with van der Waals surface area (Å²) in [6, 6.07) is 23.2. The van der Waals surface area contributed by atoms with Crippen molar-refractivity contribution in [1.29, 1.82) is 0 Å². The Labute approximate surface area is 192 Å². The molecule has 3 aromatic heterocycles. The number of hydrogen-bond acceptors (Lipinski definition) is 5. The van der Waals surface area contributed by atoms with Gasteiger partial charge >= 0.3 is 0 Å². The molecule has 0 radical (unpaired) electrons. The summed E-state index contributed by atoms with van der Waals surface area (Å²) >= 11 is 0. The van der Waals surface area contributed by atoms with Gasteiger partial charge in [0.05, 0.1) is 11.2 Å². The first-order valence-corrected chi connectivity index (χ1v) is 11.3. The summed E-state index contributed by atoms with van der Waals surface area (Å²) in [5.41, 5.74) is 13.4. The molecule has 1 aliphatic rings. The molecule has 1 aliphatic carbocycles. The molecule has 6 heteroatoms. The first-order valence-electron chi connectivity index (χ1n) is 11.3. The lowest BCUT2D eigenvalue weighted by Gasteiger charge is -2.38. The van der Waals surface area contributed by atoms with Crippen LogP contribution in [0.25, 0.3) is 38.9 Å². The van der Waals surface area contributed by atoms with Gasteiger partial charge in [-0.3, -0.25) is 4.40 Å². The lowest BCUT2D eigenvalue weighted by Crippen LogP contribution is -2.43. The summed E-state index contributed by atoms with van der Waals surface area (Å²) in [4.78, 5) is 5.11. The van der Waals surface area contributed by atoms with Crippen LogP contribution in [-0.2, 0) is 16.9 Å². The zero-order chi connectivity index (χ0) is 22.4. The van der Waals surface area contributed by atoms with E-state index in [1.54, 1.807) is 7.11 Å². The molecule has 0 spiro atoms. The fourth-order valence-electron chi connectivity index (χ4n) is 4.73. The first-order chi connectivity index (χ1) is 16.2. The van der Waals surface area contributed by atoms with Crippen LogP contribution in [0, 0.1) is 0 Å². The van der Waals surface area contributed by atoms with Crippen LogP contribution >= 0.6 is 0 Å². The second-order valence-corrected chi connectivity index (χ2v) is 8.83. The number of hydrogen-bond donors (Lipinski definition) is 1. The number of fused-ring (bicyclic) bond motifs is 3. The average molecular weight is 436 g/mol. The normalized spacial score (nSPS) is 15.1. The Kier molecular flexibility index (Phi) is 4.71. The molecular weight excluding hydrogens is 410 g/mol. The van der Waals surface area contributed by atoms with Crippen LogP contribution in [0.4, 0.5) is 0 Å². The summed E-state index contributed by atoms with van der Waals surface area (Å²) in [5, 5.41) is 9.71. The van der Waals surface area contributed by atoms with Crippen molar-refractivity contribution in [2.45, 2.75) is 31.4 Å². The van der Waals surface area contributed by atoms with Crippen LogP contribution in [0.2, 0.25) is 0 Å². The summed E-state index contributed by atoms with van der Waals surface area (Å²) in [6.45, 7) is 0.401. The van der Waals surface area contributed by atoms with Gasteiger partial charge in [0, 0.05) is 35.4 Å². The Morgan fingerprint density at radius 2 is 1.76 bits per heavy atom. The van der Waals surface area contributed by atoms with Gasteiger partial charge in [-0.1, -0.05) is 54.6 Å². The van der Waals surface area contributed by atoms with E-state index in [1.807, 2.05) is 22.7 Å². The van der Waals surface area contributed by atoms with E-state index in [9.17, 15) is 0 Å². The maximum absolute atomic E-state index is 6.54. The zero-order valence-corrected chi connectivity index (χ0v) is 18.5. The minimum Gasteiger partial charge on any atom is -0.377 e. The summed E-state index contributed by atoms with van der Waals surface area (Å²) in [5.74, 6) is 0.766. The number of ether oxygens (including phenoxy) is 1. The van der Waals surface area contributed by atoms with E-state index in [0.717, 1.165) is 57.6 Å². The maximum atomic E-state index is 6.54. The molecule has 0 unspecified atom stereocenters. The number of benzene rings is 2. The molecule has 6 nitrogen and oxygen atoms in total. The van der Waals surface area contributed by atoms with Gasteiger partial charge in [-0.25, -0.2) is 4.98 Å². The van der Waals surface area contributed by atoms with Crippen molar-refractivity contribution in [2.24, 2.45) is 5.73 Å². The first kappa shape index (κ1) is 20.0. The van der Waals surface area contributed by atoms with Crippen LogP contribution in [0.3, 0.4) is 0 Å². The fourth-order valence-corrected chi connectivity index (χ4v) is 4.73. The third kappa shape index (κ3) is 3.30. The lowest BCUT2D eigenvalue weighted by atomic mass is 9.72. The van der Waals surface area contributed by atoms with Gasteiger partial charge < -0.3 is 10.5 Å². The number of aromatic nitrogens is 4. The topological polar surface area (TPSA) is 78.3 Å². The number of nitrogens with two attached hydrogens (primary N) is 1. The molecule has 5 aromatic rings.